The average molecular weight is 494 g/mol. The number of amides is 1. The molecule has 10 heteroatoms. The molecule has 2 aromatic carbocycles. The highest BCUT2D eigenvalue weighted by atomic mass is 16.5. The van der Waals surface area contributed by atoms with E-state index in [0.717, 1.165) is 11.1 Å². The monoisotopic (exact) mass is 493 g/mol. The fourth-order valence-corrected chi connectivity index (χ4v) is 4.63. The highest BCUT2D eigenvalue weighted by molar-refractivity contribution is 5.94. The van der Waals surface area contributed by atoms with Crippen molar-refractivity contribution in [2.75, 3.05) is 50.1 Å². The fraction of sp³-hybridized carbons (Fsp3) is 0.385. The summed E-state index contributed by atoms with van der Waals surface area (Å²) in [6.45, 7) is 6.01. The second kappa shape index (κ2) is 10.4. The molecule has 0 spiro atoms. The number of para-hydroxylation sites is 1. The summed E-state index contributed by atoms with van der Waals surface area (Å²) in [6.07, 6.45) is 0. The Kier molecular flexibility index (Phi) is 7.25. The van der Waals surface area contributed by atoms with Crippen LogP contribution in [0.5, 0.6) is 0 Å². The number of hydrogen-bond donors (Lipinski definition) is 2. The molecule has 190 valence electrons. The number of nitrogens with one attached hydrogen (secondary N) is 1. The molecule has 1 unspecified atom stereocenters. The first-order valence-corrected chi connectivity index (χ1v) is 11.8. The number of aromatic nitrogens is 2. The second-order valence-electron chi connectivity index (χ2n) is 9.04. The van der Waals surface area contributed by atoms with Crippen molar-refractivity contribution in [2.45, 2.75) is 19.9 Å². The van der Waals surface area contributed by atoms with Crippen molar-refractivity contribution < 1.29 is 19.4 Å². The van der Waals surface area contributed by atoms with E-state index in [-0.39, 0.29) is 29.7 Å². The van der Waals surface area contributed by atoms with Gasteiger partial charge in [-0.1, -0.05) is 18.2 Å². The highest BCUT2D eigenvalue weighted by Crippen LogP contribution is 2.29. The van der Waals surface area contributed by atoms with Crippen LogP contribution in [0.2, 0.25) is 0 Å². The zero-order valence-corrected chi connectivity index (χ0v) is 20.9. The van der Waals surface area contributed by atoms with E-state index in [1.54, 1.807) is 40.8 Å². The molecule has 36 heavy (non-hydrogen) atoms. The number of aryl methyl sites for hydroxylation is 1. The average Bonchev–Trinajstić information content (AvgIpc) is 2.86. The Hall–Kier alpha value is -3.92. The largest absolute Gasteiger partial charge is 0.478 e. The van der Waals surface area contributed by atoms with Gasteiger partial charge in [-0.15, -0.1) is 0 Å². The maximum Gasteiger partial charge on any atom is 0.337 e. The Bertz CT molecular complexity index is 1360. The molecule has 3 aromatic rings. The van der Waals surface area contributed by atoms with E-state index < -0.39 is 5.97 Å². The van der Waals surface area contributed by atoms with Gasteiger partial charge in [0.2, 0.25) is 11.9 Å². The van der Waals surface area contributed by atoms with Crippen LogP contribution >= 0.6 is 0 Å². The van der Waals surface area contributed by atoms with Crippen LogP contribution in [0.3, 0.4) is 0 Å². The maximum absolute atomic E-state index is 13.4. The molecule has 0 bridgehead atoms. The van der Waals surface area contributed by atoms with Gasteiger partial charge in [-0.25, -0.2) is 9.78 Å². The van der Waals surface area contributed by atoms with Gasteiger partial charge in [0.25, 0.3) is 5.56 Å². The van der Waals surface area contributed by atoms with Gasteiger partial charge in [-0.05, 0) is 37.6 Å². The number of anilines is 2. The second-order valence-corrected chi connectivity index (χ2v) is 9.04. The topological polar surface area (TPSA) is 117 Å². The van der Waals surface area contributed by atoms with Crippen molar-refractivity contribution in [3.05, 3.63) is 63.4 Å². The van der Waals surface area contributed by atoms with Crippen molar-refractivity contribution in [2.24, 2.45) is 7.05 Å². The van der Waals surface area contributed by atoms with Crippen LogP contribution in [0.1, 0.15) is 34.5 Å². The third kappa shape index (κ3) is 4.90. The van der Waals surface area contributed by atoms with Gasteiger partial charge in [0.05, 0.1) is 22.5 Å². The van der Waals surface area contributed by atoms with Crippen LogP contribution in [-0.2, 0) is 16.6 Å². The summed E-state index contributed by atoms with van der Waals surface area (Å²) in [6, 6.07) is 10.2. The predicted molar refractivity (Wildman–Crippen MR) is 138 cm³/mol. The van der Waals surface area contributed by atoms with Gasteiger partial charge < -0.3 is 25.0 Å². The van der Waals surface area contributed by atoms with Crippen molar-refractivity contribution in [3.63, 3.8) is 0 Å². The number of fused-ring (bicyclic) bond motifs is 1. The Labute approximate surface area is 209 Å². The Morgan fingerprint density at radius 2 is 1.86 bits per heavy atom. The van der Waals surface area contributed by atoms with E-state index in [4.69, 9.17) is 9.72 Å². The predicted octanol–water partition coefficient (Wildman–Crippen LogP) is 2.41. The zero-order valence-electron chi connectivity index (χ0n) is 20.9. The number of carboxylic acid groups (broad SMARTS) is 1. The number of nitrogens with zero attached hydrogens (tertiary/aromatic N) is 4. The maximum atomic E-state index is 13.4. The smallest absolute Gasteiger partial charge is 0.337 e. The number of carboxylic acids is 1. The molecule has 4 rings (SSSR count). The normalized spacial score (nSPS) is 14.7. The molecule has 1 saturated heterocycles. The molecule has 10 nitrogen and oxygen atoms in total. The first-order valence-electron chi connectivity index (χ1n) is 11.8. The summed E-state index contributed by atoms with van der Waals surface area (Å²) in [4.78, 5) is 45.9. The summed E-state index contributed by atoms with van der Waals surface area (Å²) in [5.41, 5.74) is 2.80. The molecule has 0 saturated carbocycles. The van der Waals surface area contributed by atoms with Gasteiger partial charge in [0.15, 0.2) is 0 Å². The lowest BCUT2D eigenvalue weighted by Gasteiger charge is -2.36. The molecule has 1 fully saturated rings. The Morgan fingerprint density at radius 3 is 2.53 bits per heavy atom. The Morgan fingerprint density at radius 1 is 1.17 bits per heavy atom. The van der Waals surface area contributed by atoms with E-state index in [2.05, 4.69) is 5.32 Å². The number of methoxy groups -OCH3 is 1. The summed E-state index contributed by atoms with van der Waals surface area (Å²) in [5.74, 6) is -0.539. The first-order chi connectivity index (χ1) is 17.2. The van der Waals surface area contributed by atoms with Gasteiger partial charge in [0.1, 0.15) is 6.61 Å². The minimum atomic E-state index is -1.02. The van der Waals surface area contributed by atoms with E-state index in [0.29, 0.717) is 48.7 Å². The number of piperazine rings is 1. The first kappa shape index (κ1) is 25.2. The number of aromatic carboxylic acids is 1. The fourth-order valence-electron chi connectivity index (χ4n) is 4.63. The number of ether oxygens (including phenoxy) is 1. The molecular weight excluding hydrogens is 462 g/mol. The zero-order chi connectivity index (χ0) is 26.0. The van der Waals surface area contributed by atoms with Crippen molar-refractivity contribution >= 4 is 34.4 Å². The number of rotatable bonds is 7. The molecule has 2 N–H and O–H groups in total. The lowest BCUT2D eigenvalue weighted by molar-refractivity contribution is -0.135. The van der Waals surface area contributed by atoms with Gasteiger partial charge in [0, 0.05) is 51.6 Å². The summed E-state index contributed by atoms with van der Waals surface area (Å²) < 4.78 is 6.51. The molecule has 1 aliphatic rings. The van der Waals surface area contributed by atoms with Crippen LogP contribution in [0, 0.1) is 6.92 Å². The summed E-state index contributed by atoms with van der Waals surface area (Å²) in [7, 11) is 3.21. The minimum absolute atomic E-state index is 0.0469. The quantitative estimate of drug-likeness (QED) is 0.515. The van der Waals surface area contributed by atoms with E-state index in [1.165, 1.54) is 7.11 Å². The third-order valence-electron chi connectivity index (χ3n) is 6.51. The minimum Gasteiger partial charge on any atom is -0.478 e. The Balaban J connectivity index is 1.71. The van der Waals surface area contributed by atoms with Gasteiger partial charge >= 0.3 is 5.97 Å². The van der Waals surface area contributed by atoms with Crippen LogP contribution in [0.15, 0.2) is 41.2 Å². The van der Waals surface area contributed by atoms with Crippen LogP contribution < -0.4 is 15.8 Å². The summed E-state index contributed by atoms with van der Waals surface area (Å²) >= 11 is 0. The van der Waals surface area contributed by atoms with E-state index in [1.807, 2.05) is 30.9 Å². The number of hydrogen-bond acceptors (Lipinski definition) is 7. The number of benzene rings is 2. The molecule has 2 heterocycles. The molecule has 0 radical (unpaired) electrons. The SMILES string of the molecule is COCC(=O)N1CCN(c2nc3c(C(C)Nc4ccccc4C(=O)O)cc(C)cc3c(=O)n2C)CC1. The van der Waals surface area contributed by atoms with Crippen LogP contribution in [0.25, 0.3) is 10.9 Å². The number of carbonyl (C=O) groups excluding carboxylic acids is 1. The molecule has 1 aliphatic heterocycles. The van der Waals surface area contributed by atoms with Crippen molar-refractivity contribution in [3.8, 4) is 0 Å². The van der Waals surface area contributed by atoms with E-state index >= 15 is 0 Å². The molecule has 1 aromatic heterocycles. The molecular formula is C26H31N5O5. The highest BCUT2D eigenvalue weighted by Gasteiger charge is 2.25. The van der Waals surface area contributed by atoms with Crippen molar-refractivity contribution in [1.29, 1.82) is 0 Å². The third-order valence-corrected chi connectivity index (χ3v) is 6.51. The molecule has 0 aliphatic carbocycles. The standard InChI is InChI=1S/C26H31N5O5/c1-16-13-19(17(2)27-21-8-6-5-7-18(21)25(34)35)23-20(14-16)24(33)29(3)26(28-23)31-11-9-30(10-12-31)22(32)15-36-4/h5-8,13-14,17,27H,9-12,15H2,1-4H3,(H,34,35). The lowest BCUT2D eigenvalue weighted by atomic mass is 10.0. The molecule has 1 amide bonds. The van der Waals surface area contributed by atoms with Crippen LogP contribution in [0.4, 0.5) is 11.6 Å². The summed E-state index contributed by atoms with van der Waals surface area (Å²) in [5, 5.41) is 13.4. The molecule has 1 atom stereocenters. The lowest BCUT2D eigenvalue weighted by Crippen LogP contribution is -2.51. The van der Waals surface area contributed by atoms with E-state index in [9.17, 15) is 19.5 Å². The van der Waals surface area contributed by atoms with Crippen molar-refractivity contribution in [1.82, 2.24) is 14.5 Å². The number of carbonyl (C=O) groups is 2. The van der Waals surface area contributed by atoms with Gasteiger partial charge in [-0.3, -0.25) is 14.2 Å². The van der Waals surface area contributed by atoms with Gasteiger partial charge in [-0.2, -0.15) is 0 Å². The van der Waals surface area contributed by atoms with Crippen LogP contribution in [-0.4, -0.2) is 71.3 Å².